The highest BCUT2D eigenvalue weighted by atomic mass is 16.4. The third-order valence-electron chi connectivity index (χ3n) is 6.25. The lowest BCUT2D eigenvalue weighted by Gasteiger charge is -2.17. The number of amides is 3. The Labute approximate surface area is 213 Å². The van der Waals surface area contributed by atoms with E-state index in [0.29, 0.717) is 32.2 Å². The van der Waals surface area contributed by atoms with Gasteiger partial charge < -0.3 is 10.4 Å². The highest BCUT2D eigenvalue weighted by molar-refractivity contribution is 5.86. The predicted molar refractivity (Wildman–Crippen MR) is 141 cm³/mol. The molecule has 0 spiro atoms. The Morgan fingerprint density at radius 1 is 0.714 bits per heavy atom. The number of carbonyl (C=O) groups excluding carboxylic acids is 3. The number of carboxylic acids is 1. The molecule has 0 bridgehead atoms. The molecule has 0 rings (SSSR count). The Morgan fingerprint density at radius 3 is 1.49 bits per heavy atom. The van der Waals surface area contributed by atoms with Gasteiger partial charge in [-0.05, 0) is 18.8 Å². The Hall–Kier alpha value is -1.92. The summed E-state index contributed by atoms with van der Waals surface area (Å²) in [4.78, 5) is 46.4. The lowest BCUT2D eigenvalue weighted by Crippen LogP contribution is -2.38. The van der Waals surface area contributed by atoms with E-state index in [9.17, 15) is 19.2 Å². The number of rotatable bonds is 25. The minimum atomic E-state index is -0.681. The number of unbranched alkanes of at least 4 members (excludes halogenated alkanes) is 15. The van der Waals surface area contributed by atoms with Gasteiger partial charge in [-0.15, -0.1) is 0 Å². The van der Waals surface area contributed by atoms with Crippen LogP contribution in [-0.4, -0.2) is 47.3 Å². The monoisotopic (exact) mass is 496 g/mol. The summed E-state index contributed by atoms with van der Waals surface area (Å²) in [6, 6.07) is 0. The minimum Gasteiger partial charge on any atom is -0.481 e. The summed E-state index contributed by atoms with van der Waals surface area (Å²) in [5.74, 6) is -0.678. The van der Waals surface area contributed by atoms with Crippen molar-refractivity contribution in [2.24, 2.45) is 5.92 Å². The topological polar surface area (TPSA) is 104 Å². The third kappa shape index (κ3) is 23.6. The summed E-state index contributed by atoms with van der Waals surface area (Å²) in [7, 11) is 0. The fourth-order valence-corrected chi connectivity index (χ4v) is 4.14. The molecule has 0 saturated heterocycles. The number of carbonyl (C=O) groups is 4. The van der Waals surface area contributed by atoms with Crippen LogP contribution in [0, 0.1) is 5.92 Å². The summed E-state index contributed by atoms with van der Waals surface area (Å²) in [6.07, 6.45) is 20.7. The fraction of sp³-hybridized carbons (Fsp3) is 0.857. The van der Waals surface area contributed by atoms with Crippen molar-refractivity contribution in [3.8, 4) is 0 Å². The molecule has 0 heterocycles. The minimum absolute atomic E-state index is 0.00894. The molecule has 0 atom stereocenters. The first-order valence-electron chi connectivity index (χ1n) is 14.1. The van der Waals surface area contributed by atoms with Gasteiger partial charge in [-0.2, -0.15) is 0 Å². The Bertz CT molecular complexity index is 566. The molecule has 7 heteroatoms. The number of carboxylic acid groups (broad SMARTS) is 1. The number of hydrogen-bond acceptors (Lipinski definition) is 4. The average molecular weight is 497 g/mol. The zero-order chi connectivity index (χ0) is 26.2. The van der Waals surface area contributed by atoms with Crippen molar-refractivity contribution >= 4 is 24.2 Å². The molecule has 0 aromatic rings. The molecule has 0 unspecified atom stereocenters. The molecule has 0 radical (unpaired) electrons. The van der Waals surface area contributed by atoms with E-state index in [1.807, 2.05) is 13.8 Å². The largest absolute Gasteiger partial charge is 0.481 e. The summed E-state index contributed by atoms with van der Waals surface area (Å²) in [5.41, 5.74) is 0. The van der Waals surface area contributed by atoms with Crippen molar-refractivity contribution < 1.29 is 24.3 Å². The van der Waals surface area contributed by atoms with Crippen LogP contribution in [0.5, 0.6) is 0 Å². The summed E-state index contributed by atoms with van der Waals surface area (Å²) >= 11 is 0. The number of imide groups is 1. The molecule has 7 nitrogen and oxygen atoms in total. The lowest BCUT2D eigenvalue weighted by atomic mass is 10.0. The van der Waals surface area contributed by atoms with Crippen LogP contribution in [0.3, 0.4) is 0 Å². The van der Waals surface area contributed by atoms with E-state index in [0.717, 1.165) is 30.6 Å². The maximum atomic E-state index is 11.9. The second-order valence-electron chi connectivity index (χ2n) is 10.2. The van der Waals surface area contributed by atoms with Crippen LogP contribution in [0.15, 0.2) is 0 Å². The van der Waals surface area contributed by atoms with Gasteiger partial charge in [0.25, 0.3) is 0 Å². The average Bonchev–Trinajstić information content (AvgIpc) is 2.80. The lowest BCUT2D eigenvalue weighted by molar-refractivity contribution is -0.139. The zero-order valence-electron chi connectivity index (χ0n) is 22.5. The van der Waals surface area contributed by atoms with Crippen molar-refractivity contribution in [3.05, 3.63) is 0 Å². The standard InChI is InChI=1S/C28H52N2O5/c1-25(2)23-27(33)30(24-31)22-21-29-26(32)19-17-15-13-11-9-7-5-3-4-6-8-10-12-14-16-18-20-28(34)35/h24-25H,3-23H2,1-2H3,(H,29,32)(H,34,35). The Kier molecular flexibility index (Phi) is 22.5. The molecule has 0 saturated carbocycles. The first-order chi connectivity index (χ1) is 16.9. The number of nitrogens with zero attached hydrogens (tertiary/aromatic N) is 1. The Balaban J connectivity index is 3.37. The highest BCUT2D eigenvalue weighted by Crippen LogP contribution is 2.14. The van der Waals surface area contributed by atoms with E-state index < -0.39 is 5.97 Å². The van der Waals surface area contributed by atoms with Crippen LogP contribution in [0.25, 0.3) is 0 Å². The second kappa shape index (κ2) is 23.8. The van der Waals surface area contributed by atoms with Crippen LogP contribution < -0.4 is 5.32 Å². The first-order valence-corrected chi connectivity index (χ1v) is 14.1. The van der Waals surface area contributed by atoms with Crippen LogP contribution in [0.4, 0.5) is 0 Å². The van der Waals surface area contributed by atoms with Crippen molar-refractivity contribution in [1.82, 2.24) is 10.2 Å². The third-order valence-corrected chi connectivity index (χ3v) is 6.25. The van der Waals surface area contributed by atoms with Gasteiger partial charge in [0.1, 0.15) is 0 Å². The van der Waals surface area contributed by atoms with E-state index in [1.165, 1.54) is 77.0 Å². The predicted octanol–water partition coefficient (Wildman–Crippen LogP) is 6.24. The van der Waals surface area contributed by atoms with E-state index in [1.54, 1.807) is 0 Å². The van der Waals surface area contributed by atoms with Gasteiger partial charge in [0.15, 0.2) is 0 Å². The van der Waals surface area contributed by atoms with E-state index >= 15 is 0 Å². The van der Waals surface area contributed by atoms with E-state index in [4.69, 9.17) is 5.11 Å². The normalized spacial score (nSPS) is 10.9. The molecule has 0 aliphatic carbocycles. The molecule has 0 aliphatic rings. The fourth-order valence-electron chi connectivity index (χ4n) is 4.14. The summed E-state index contributed by atoms with van der Waals surface area (Å²) in [6.45, 7) is 4.42. The van der Waals surface area contributed by atoms with Crippen LogP contribution >= 0.6 is 0 Å². The van der Waals surface area contributed by atoms with Crippen molar-refractivity contribution in [1.29, 1.82) is 0 Å². The molecule has 0 aliphatic heterocycles. The zero-order valence-corrected chi connectivity index (χ0v) is 22.5. The molecular formula is C28H52N2O5. The highest BCUT2D eigenvalue weighted by Gasteiger charge is 2.14. The van der Waals surface area contributed by atoms with Crippen molar-refractivity contribution in [2.75, 3.05) is 13.1 Å². The summed E-state index contributed by atoms with van der Waals surface area (Å²) < 4.78 is 0. The molecule has 204 valence electrons. The summed E-state index contributed by atoms with van der Waals surface area (Å²) in [5, 5.41) is 11.4. The molecule has 0 aromatic carbocycles. The van der Waals surface area contributed by atoms with E-state index in [-0.39, 0.29) is 24.3 Å². The maximum absolute atomic E-state index is 11.9. The second-order valence-corrected chi connectivity index (χ2v) is 10.2. The molecule has 0 fully saturated rings. The number of nitrogens with one attached hydrogen (secondary N) is 1. The quantitative estimate of drug-likeness (QED) is 0.115. The van der Waals surface area contributed by atoms with E-state index in [2.05, 4.69) is 5.32 Å². The van der Waals surface area contributed by atoms with Gasteiger partial charge in [0.05, 0.1) is 0 Å². The van der Waals surface area contributed by atoms with Gasteiger partial charge >= 0.3 is 5.97 Å². The van der Waals surface area contributed by atoms with Crippen LogP contribution in [-0.2, 0) is 19.2 Å². The maximum Gasteiger partial charge on any atom is 0.303 e. The Morgan fingerprint density at radius 2 is 1.11 bits per heavy atom. The van der Waals surface area contributed by atoms with Crippen molar-refractivity contribution in [3.63, 3.8) is 0 Å². The molecular weight excluding hydrogens is 444 g/mol. The van der Waals surface area contributed by atoms with Gasteiger partial charge in [0, 0.05) is 32.4 Å². The number of aliphatic carboxylic acids is 1. The molecule has 35 heavy (non-hydrogen) atoms. The molecule has 2 N–H and O–H groups in total. The SMILES string of the molecule is CC(C)CC(=O)N(C=O)CCNC(=O)CCCCCCCCCCCCCCCCCCC(=O)O. The molecule has 3 amide bonds. The first kappa shape index (κ1) is 33.1. The van der Waals surface area contributed by atoms with Crippen LogP contribution in [0.2, 0.25) is 0 Å². The van der Waals surface area contributed by atoms with Gasteiger partial charge in [-0.25, -0.2) is 0 Å². The van der Waals surface area contributed by atoms with Gasteiger partial charge in [-0.3, -0.25) is 24.1 Å². The smallest absolute Gasteiger partial charge is 0.303 e. The van der Waals surface area contributed by atoms with Crippen molar-refractivity contribution in [2.45, 2.75) is 136 Å². The number of hydrogen-bond donors (Lipinski definition) is 2. The van der Waals surface area contributed by atoms with Gasteiger partial charge in [0.2, 0.25) is 18.2 Å². The van der Waals surface area contributed by atoms with Gasteiger partial charge in [-0.1, -0.05) is 104 Å². The van der Waals surface area contributed by atoms with Crippen LogP contribution in [0.1, 0.15) is 136 Å². The molecule has 0 aromatic heterocycles.